The van der Waals surface area contributed by atoms with Gasteiger partial charge in [-0.25, -0.2) is 0 Å². The number of amides is 2. The molecule has 2 N–H and O–H groups in total. The van der Waals surface area contributed by atoms with E-state index in [0.29, 0.717) is 27.8 Å². The van der Waals surface area contributed by atoms with Crippen molar-refractivity contribution < 1.29 is 19.1 Å². The van der Waals surface area contributed by atoms with Crippen molar-refractivity contribution in [1.82, 2.24) is 5.32 Å². The van der Waals surface area contributed by atoms with Gasteiger partial charge in [-0.1, -0.05) is 54.2 Å². The first-order chi connectivity index (χ1) is 16.5. The molecular weight excluding hydrogens is 450 g/mol. The van der Waals surface area contributed by atoms with Crippen molar-refractivity contribution in [2.45, 2.75) is 12.3 Å². The highest BCUT2D eigenvalue weighted by Gasteiger charge is 2.30. The molecule has 0 aromatic heterocycles. The number of carbonyl (C=O) groups is 2. The fraction of sp³-hybridized carbons (Fsp3) is 0.192. The zero-order valence-corrected chi connectivity index (χ0v) is 19.6. The minimum absolute atomic E-state index is 0.00339. The second kappa shape index (κ2) is 10.3. The summed E-state index contributed by atoms with van der Waals surface area (Å²) in [6, 6.07) is 21.2. The van der Waals surface area contributed by atoms with E-state index >= 15 is 0 Å². The SMILES string of the molecule is COc1ccc(OC)c(NC(=O)CSC2=C(C#N)[C@@H](c3cccc4ccccc34)CC(=O)N2)c1. The Hall–Kier alpha value is -3.96. The van der Waals surface area contributed by atoms with E-state index in [2.05, 4.69) is 16.7 Å². The number of nitrogens with zero attached hydrogens (tertiary/aromatic N) is 1. The standard InChI is InChI=1S/C26H23N3O4S/c1-32-17-10-11-23(33-2)22(12-17)28-25(31)15-34-26-21(14-27)20(13-24(30)29-26)19-9-5-7-16-6-3-4-8-18(16)19/h3-12,20H,13,15H2,1-2H3,(H,28,31)(H,29,30)/t20-/m1/s1. The number of benzene rings is 3. The number of carbonyl (C=O) groups excluding carboxylic acids is 2. The summed E-state index contributed by atoms with van der Waals surface area (Å²) >= 11 is 1.13. The summed E-state index contributed by atoms with van der Waals surface area (Å²) < 4.78 is 10.5. The second-order valence-electron chi connectivity index (χ2n) is 7.63. The van der Waals surface area contributed by atoms with Crippen molar-refractivity contribution in [2.75, 3.05) is 25.3 Å². The normalized spacial score (nSPS) is 15.4. The van der Waals surface area contributed by atoms with Crippen LogP contribution in [0, 0.1) is 11.3 Å². The number of nitriles is 1. The number of rotatable bonds is 7. The summed E-state index contributed by atoms with van der Waals surface area (Å²) in [6.07, 6.45) is 0.175. The molecule has 0 unspecified atom stereocenters. The van der Waals surface area contributed by atoms with Crippen molar-refractivity contribution in [3.05, 3.63) is 76.8 Å². The predicted molar refractivity (Wildman–Crippen MR) is 133 cm³/mol. The molecule has 4 rings (SSSR count). The van der Waals surface area contributed by atoms with E-state index in [-0.39, 0.29) is 29.9 Å². The van der Waals surface area contributed by atoms with Gasteiger partial charge in [0.25, 0.3) is 0 Å². The fourth-order valence-electron chi connectivity index (χ4n) is 3.99. The molecule has 7 nitrogen and oxygen atoms in total. The average Bonchev–Trinajstić information content (AvgIpc) is 2.86. The van der Waals surface area contributed by atoms with Gasteiger partial charge < -0.3 is 20.1 Å². The summed E-state index contributed by atoms with van der Waals surface area (Å²) in [4.78, 5) is 25.2. The summed E-state index contributed by atoms with van der Waals surface area (Å²) in [7, 11) is 3.05. The van der Waals surface area contributed by atoms with Gasteiger partial charge in [-0.15, -0.1) is 0 Å². The minimum atomic E-state index is -0.381. The van der Waals surface area contributed by atoms with Gasteiger partial charge >= 0.3 is 0 Å². The van der Waals surface area contributed by atoms with E-state index in [1.54, 1.807) is 18.2 Å². The maximum Gasteiger partial charge on any atom is 0.234 e. The largest absolute Gasteiger partial charge is 0.497 e. The van der Waals surface area contributed by atoms with E-state index in [4.69, 9.17) is 9.47 Å². The highest BCUT2D eigenvalue weighted by molar-refractivity contribution is 8.03. The number of ether oxygens (including phenoxy) is 2. The van der Waals surface area contributed by atoms with Crippen molar-refractivity contribution in [2.24, 2.45) is 0 Å². The van der Waals surface area contributed by atoms with Crippen LogP contribution < -0.4 is 20.1 Å². The Morgan fingerprint density at radius 1 is 1.15 bits per heavy atom. The lowest BCUT2D eigenvalue weighted by Crippen LogP contribution is -2.31. The third kappa shape index (κ3) is 4.85. The second-order valence-corrected chi connectivity index (χ2v) is 8.62. The molecule has 0 radical (unpaired) electrons. The Bertz CT molecular complexity index is 1320. The monoisotopic (exact) mass is 473 g/mol. The van der Waals surface area contributed by atoms with Crippen molar-refractivity contribution >= 4 is 40.0 Å². The lowest BCUT2D eigenvalue weighted by molar-refractivity contribution is -0.121. The molecule has 0 saturated heterocycles. The number of allylic oxidation sites excluding steroid dienone is 1. The van der Waals surface area contributed by atoms with Gasteiger partial charge in [0.2, 0.25) is 11.8 Å². The maximum absolute atomic E-state index is 12.7. The quantitative estimate of drug-likeness (QED) is 0.522. The molecule has 0 fully saturated rings. The smallest absolute Gasteiger partial charge is 0.234 e. The number of methoxy groups -OCH3 is 2. The van der Waals surface area contributed by atoms with Crippen molar-refractivity contribution in [3.8, 4) is 17.6 Å². The molecule has 1 heterocycles. The molecule has 1 aliphatic rings. The van der Waals surface area contributed by atoms with Gasteiger partial charge in [0.05, 0.1) is 42.3 Å². The topological polar surface area (TPSA) is 100 Å². The highest BCUT2D eigenvalue weighted by Crippen LogP contribution is 2.39. The van der Waals surface area contributed by atoms with Crippen LogP contribution >= 0.6 is 11.8 Å². The molecule has 0 bridgehead atoms. The number of hydrogen-bond donors (Lipinski definition) is 2. The summed E-state index contributed by atoms with van der Waals surface area (Å²) in [5, 5.41) is 18.0. The van der Waals surface area contributed by atoms with Crippen LogP contribution in [0.15, 0.2) is 71.3 Å². The number of anilines is 1. The number of fused-ring (bicyclic) bond motifs is 1. The molecule has 172 valence electrons. The summed E-state index contributed by atoms with van der Waals surface area (Å²) in [5.41, 5.74) is 1.85. The molecular formula is C26H23N3O4S. The molecule has 1 atom stereocenters. The number of thioether (sulfide) groups is 1. The van der Waals surface area contributed by atoms with Gasteiger partial charge in [-0.3, -0.25) is 9.59 Å². The van der Waals surface area contributed by atoms with Crippen LogP contribution in [-0.4, -0.2) is 31.8 Å². The minimum Gasteiger partial charge on any atom is -0.497 e. The maximum atomic E-state index is 12.7. The van der Waals surface area contributed by atoms with Crippen molar-refractivity contribution in [1.29, 1.82) is 5.26 Å². The molecule has 34 heavy (non-hydrogen) atoms. The third-order valence-corrected chi connectivity index (χ3v) is 6.60. The van der Waals surface area contributed by atoms with Crippen LogP contribution in [0.2, 0.25) is 0 Å². The summed E-state index contributed by atoms with van der Waals surface area (Å²) in [5.74, 6) is 0.212. The van der Waals surface area contributed by atoms with Gasteiger partial charge in [0.1, 0.15) is 11.5 Å². The van der Waals surface area contributed by atoms with Crippen LogP contribution in [0.5, 0.6) is 11.5 Å². The van der Waals surface area contributed by atoms with Gasteiger partial charge in [0.15, 0.2) is 0 Å². The van der Waals surface area contributed by atoms with Crippen molar-refractivity contribution in [3.63, 3.8) is 0 Å². The lowest BCUT2D eigenvalue weighted by atomic mass is 9.84. The van der Waals surface area contributed by atoms with Crippen LogP contribution in [0.4, 0.5) is 5.69 Å². The predicted octanol–water partition coefficient (Wildman–Crippen LogP) is 4.57. The molecule has 0 saturated carbocycles. The first kappa shape index (κ1) is 23.2. The van der Waals surface area contributed by atoms with E-state index in [0.717, 1.165) is 28.1 Å². The lowest BCUT2D eigenvalue weighted by Gasteiger charge is -2.26. The average molecular weight is 474 g/mol. The zero-order valence-electron chi connectivity index (χ0n) is 18.8. The Morgan fingerprint density at radius 2 is 1.94 bits per heavy atom. The molecule has 8 heteroatoms. The Morgan fingerprint density at radius 3 is 2.71 bits per heavy atom. The van der Waals surface area contributed by atoms with E-state index in [1.165, 1.54) is 14.2 Å². The van der Waals surface area contributed by atoms with Crippen LogP contribution in [-0.2, 0) is 9.59 Å². The summed E-state index contributed by atoms with van der Waals surface area (Å²) in [6.45, 7) is 0. The molecule has 0 aliphatic carbocycles. The van der Waals surface area contributed by atoms with Gasteiger partial charge in [0, 0.05) is 18.4 Å². The molecule has 2 amide bonds. The highest BCUT2D eigenvalue weighted by atomic mass is 32.2. The Balaban J connectivity index is 1.57. The van der Waals surface area contributed by atoms with Crippen LogP contribution in [0.1, 0.15) is 17.9 Å². The molecule has 0 spiro atoms. The molecule has 3 aromatic carbocycles. The Kier molecular flexibility index (Phi) is 7.04. The van der Waals surface area contributed by atoms with Gasteiger partial charge in [-0.2, -0.15) is 5.26 Å². The molecule has 1 aliphatic heterocycles. The van der Waals surface area contributed by atoms with E-state index in [1.807, 2.05) is 42.5 Å². The van der Waals surface area contributed by atoms with Crippen LogP contribution in [0.25, 0.3) is 10.8 Å². The third-order valence-electron chi connectivity index (χ3n) is 5.58. The first-order valence-corrected chi connectivity index (χ1v) is 11.6. The zero-order chi connectivity index (χ0) is 24.1. The van der Waals surface area contributed by atoms with Crippen LogP contribution in [0.3, 0.4) is 0 Å². The van der Waals surface area contributed by atoms with Gasteiger partial charge in [-0.05, 0) is 28.5 Å². The molecule has 3 aromatic rings. The van der Waals surface area contributed by atoms with E-state index in [9.17, 15) is 14.9 Å². The Labute approximate surface area is 201 Å². The fourth-order valence-corrected chi connectivity index (χ4v) is 4.87. The van der Waals surface area contributed by atoms with E-state index < -0.39 is 0 Å². The number of nitrogens with one attached hydrogen (secondary N) is 2. The first-order valence-electron chi connectivity index (χ1n) is 10.6. The number of hydrogen-bond acceptors (Lipinski definition) is 6.